The maximum atomic E-state index is 5.59. The summed E-state index contributed by atoms with van der Waals surface area (Å²) in [6.45, 7) is 2.78. The highest BCUT2D eigenvalue weighted by atomic mass is 15.2. The smallest absolute Gasteiger partial charge is 0.0271 e. The van der Waals surface area contributed by atoms with Crippen molar-refractivity contribution in [2.45, 2.75) is 25.4 Å². The molecule has 3 heteroatoms. The van der Waals surface area contributed by atoms with Crippen molar-refractivity contribution in [2.24, 2.45) is 5.73 Å². The lowest BCUT2D eigenvalue weighted by atomic mass is 10.2. The Bertz CT molecular complexity index is 269. The summed E-state index contributed by atoms with van der Waals surface area (Å²) in [7, 11) is 0. The summed E-state index contributed by atoms with van der Waals surface area (Å²) in [4.78, 5) is 6.48. The van der Waals surface area contributed by atoms with Crippen molar-refractivity contribution in [2.75, 3.05) is 13.1 Å². The predicted octanol–water partition coefficient (Wildman–Crippen LogP) is 1.00. The van der Waals surface area contributed by atoms with E-state index < -0.39 is 0 Å². The summed E-state index contributed by atoms with van der Waals surface area (Å²) >= 11 is 0. The minimum atomic E-state index is 0.752. The van der Waals surface area contributed by atoms with E-state index in [0.29, 0.717) is 0 Å². The van der Waals surface area contributed by atoms with E-state index >= 15 is 0 Å². The van der Waals surface area contributed by atoms with Crippen LogP contribution in [-0.2, 0) is 6.54 Å². The van der Waals surface area contributed by atoms with Gasteiger partial charge in [-0.1, -0.05) is 0 Å². The molecule has 0 unspecified atom stereocenters. The first-order valence-corrected chi connectivity index (χ1v) is 5.23. The van der Waals surface area contributed by atoms with Crippen LogP contribution in [-0.4, -0.2) is 29.0 Å². The lowest BCUT2D eigenvalue weighted by Gasteiger charge is -2.20. The Labute approximate surface area is 84.9 Å². The molecule has 1 saturated carbocycles. The second-order valence-corrected chi connectivity index (χ2v) is 3.85. The van der Waals surface area contributed by atoms with Gasteiger partial charge in [-0.3, -0.25) is 9.88 Å². The molecular formula is C11H17N3. The van der Waals surface area contributed by atoms with E-state index in [2.05, 4.69) is 22.0 Å². The third kappa shape index (κ3) is 2.53. The van der Waals surface area contributed by atoms with Crippen LogP contribution in [0.15, 0.2) is 24.5 Å². The van der Waals surface area contributed by atoms with Gasteiger partial charge in [0.15, 0.2) is 0 Å². The highest BCUT2D eigenvalue weighted by Gasteiger charge is 2.28. The van der Waals surface area contributed by atoms with Crippen LogP contribution in [0.25, 0.3) is 0 Å². The standard InChI is InChI=1S/C11H17N3/c12-5-8-14(11-1-2-11)9-10-3-6-13-7-4-10/h3-4,6-7,11H,1-2,5,8-9,12H2. The average Bonchev–Trinajstić information content (AvgIpc) is 3.02. The van der Waals surface area contributed by atoms with Crippen LogP contribution < -0.4 is 5.73 Å². The van der Waals surface area contributed by atoms with E-state index in [0.717, 1.165) is 25.7 Å². The van der Waals surface area contributed by atoms with E-state index in [1.807, 2.05) is 12.4 Å². The van der Waals surface area contributed by atoms with Crippen molar-refractivity contribution in [1.82, 2.24) is 9.88 Å². The molecule has 0 radical (unpaired) electrons. The molecule has 76 valence electrons. The van der Waals surface area contributed by atoms with Crippen LogP contribution in [0.5, 0.6) is 0 Å². The molecule has 1 aromatic rings. The summed E-state index contributed by atoms with van der Waals surface area (Å²) < 4.78 is 0. The maximum Gasteiger partial charge on any atom is 0.0271 e. The van der Waals surface area contributed by atoms with Gasteiger partial charge in [-0.25, -0.2) is 0 Å². The molecule has 3 nitrogen and oxygen atoms in total. The fourth-order valence-electron chi connectivity index (χ4n) is 1.72. The lowest BCUT2D eigenvalue weighted by molar-refractivity contribution is 0.262. The van der Waals surface area contributed by atoms with E-state index in [1.165, 1.54) is 18.4 Å². The van der Waals surface area contributed by atoms with Gasteiger partial charge in [0.25, 0.3) is 0 Å². The molecule has 0 spiro atoms. The Morgan fingerprint density at radius 3 is 2.64 bits per heavy atom. The molecule has 2 rings (SSSR count). The van der Waals surface area contributed by atoms with Crippen LogP contribution in [0, 0.1) is 0 Å². The molecule has 0 bridgehead atoms. The first-order valence-electron chi connectivity index (χ1n) is 5.23. The number of hydrogen-bond donors (Lipinski definition) is 1. The molecular weight excluding hydrogens is 174 g/mol. The van der Waals surface area contributed by atoms with E-state index in [-0.39, 0.29) is 0 Å². The van der Waals surface area contributed by atoms with E-state index in [4.69, 9.17) is 5.73 Å². The van der Waals surface area contributed by atoms with Crippen molar-refractivity contribution < 1.29 is 0 Å². The molecule has 1 heterocycles. The van der Waals surface area contributed by atoms with E-state index in [9.17, 15) is 0 Å². The zero-order chi connectivity index (χ0) is 9.80. The van der Waals surface area contributed by atoms with Crippen LogP contribution >= 0.6 is 0 Å². The van der Waals surface area contributed by atoms with Crippen molar-refractivity contribution in [3.8, 4) is 0 Å². The van der Waals surface area contributed by atoms with Crippen molar-refractivity contribution in [1.29, 1.82) is 0 Å². The second kappa shape index (κ2) is 4.53. The van der Waals surface area contributed by atoms with Crippen molar-refractivity contribution >= 4 is 0 Å². The lowest BCUT2D eigenvalue weighted by Crippen LogP contribution is -2.30. The molecule has 14 heavy (non-hydrogen) atoms. The number of hydrogen-bond acceptors (Lipinski definition) is 3. The normalized spacial score (nSPS) is 16.1. The second-order valence-electron chi connectivity index (χ2n) is 3.85. The van der Waals surface area contributed by atoms with Crippen molar-refractivity contribution in [3.63, 3.8) is 0 Å². The number of pyridine rings is 1. The van der Waals surface area contributed by atoms with Gasteiger partial charge in [0.2, 0.25) is 0 Å². The number of nitrogens with two attached hydrogens (primary N) is 1. The zero-order valence-corrected chi connectivity index (χ0v) is 8.39. The van der Waals surface area contributed by atoms with Gasteiger partial charge in [0, 0.05) is 38.1 Å². The van der Waals surface area contributed by atoms with Gasteiger partial charge in [-0.2, -0.15) is 0 Å². The molecule has 0 atom stereocenters. The number of rotatable bonds is 5. The molecule has 0 aromatic carbocycles. The maximum absolute atomic E-state index is 5.59. The molecule has 1 aliphatic carbocycles. The molecule has 1 aliphatic rings. The largest absolute Gasteiger partial charge is 0.329 e. The molecule has 1 aromatic heterocycles. The molecule has 0 saturated heterocycles. The predicted molar refractivity (Wildman–Crippen MR) is 56.7 cm³/mol. The third-order valence-corrected chi connectivity index (χ3v) is 2.61. The molecule has 1 fully saturated rings. The first kappa shape index (κ1) is 9.62. The summed E-state index contributed by atoms with van der Waals surface area (Å²) in [6, 6.07) is 4.93. The number of aromatic nitrogens is 1. The first-order chi connectivity index (χ1) is 6.90. The zero-order valence-electron chi connectivity index (χ0n) is 8.39. The fourth-order valence-corrected chi connectivity index (χ4v) is 1.72. The Hall–Kier alpha value is -0.930. The summed E-state index contributed by atoms with van der Waals surface area (Å²) in [6.07, 6.45) is 6.38. The SMILES string of the molecule is NCCN(Cc1ccncc1)C1CC1. The van der Waals surface area contributed by atoms with Crippen LogP contribution in [0.3, 0.4) is 0 Å². The van der Waals surface area contributed by atoms with Gasteiger partial charge in [0.05, 0.1) is 0 Å². The Balaban J connectivity index is 1.93. The molecule has 2 N–H and O–H groups in total. The van der Waals surface area contributed by atoms with Gasteiger partial charge in [0.1, 0.15) is 0 Å². The minimum Gasteiger partial charge on any atom is -0.329 e. The van der Waals surface area contributed by atoms with E-state index in [1.54, 1.807) is 0 Å². The van der Waals surface area contributed by atoms with Gasteiger partial charge in [-0.15, -0.1) is 0 Å². The van der Waals surface area contributed by atoms with Gasteiger partial charge < -0.3 is 5.73 Å². The number of nitrogens with zero attached hydrogens (tertiary/aromatic N) is 2. The van der Waals surface area contributed by atoms with Crippen LogP contribution in [0.2, 0.25) is 0 Å². The Kier molecular flexibility index (Phi) is 3.11. The molecule has 0 amide bonds. The van der Waals surface area contributed by atoms with Crippen molar-refractivity contribution in [3.05, 3.63) is 30.1 Å². The summed E-state index contributed by atoms with van der Waals surface area (Å²) in [5, 5.41) is 0. The topological polar surface area (TPSA) is 42.1 Å². The quantitative estimate of drug-likeness (QED) is 0.755. The Morgan fingerprint density at radius 2 is 2.07 bits per heavy atom. The summed E-state index contributed by atoms with van der Waals surface area (Å²) in [5.41, 5.74) is 6.93. The average molecular weight is 191 g/mol. The highest BCUT2D eigenvalue weighted by molar-refractivity contribution is 5.10. The van der Waals surface area contributed by atoms with Crippen LogP contribution in [0.4, 0.5) is 0 Å². The highest BCUT2D eigenvalue weighted by Crippen LogP contribution is 2.27. The summed E-state index contributed by atoms with van der Waals surface area (Å²) in [5.74, 6) is 0. The minimum absolute atomic E-state index is 0.752. The Morgan fingerprint density at radius 1 is 1.36 bits per heavy atom. The van der Waals surface area contributed by atoms with Gasteiger partial charge in [-0.05, 0) is 30.5 Å². The van der Waals surface area contributed by atoms with Crippen LogP contribution in [0.1, 0.15) is 18.4 Å². The monoisotopic (exact) mass is 191 g/mol. The molecule has 0 aliphatic heterocycles. The third-order valence-electron chi connectivity index (χ3n) is 2.61. The van der Waals surface area contributed by atoms with Gasteiger partial charge >= 0.3 is 0 Å². The fraction of sp³-hybridized carbons (Fsp3) is 0.545.